The SMILES string of the molecule is CCNC(C)c1ccn(Cc2c(F)cccc2F)c1. The van der Waals surface area contributed by atoms with Crippen LogP contribution in [-0.4, -0.2) is 11.1 Å². The first-order chi connectivity index (χ1) is 9.11. The molecule has 0 spiro atoms. The third-order valence-electron chi connectivity index (χ3n) is 3.19. The van der Waals surface area contributed by atoms with Gasteiger partial charge in [0.15, 0.2) is 0 Å². The van der Waals surface area contributed by atoms with Crippen molar-refractivity contribution in [1.29, 1.82) is 0 Å². The molecular formula is C15H18F2N2. The summed E-state index contributed by atoms with van der Waals surface area (Å²) in [5, 5.41) is 3.30. The molecule has 102 valence electrons. The Morgan fingerprint density at radius 3 is 2.53 bits per heavy atom. The van der Waals surface area contributed by atoms with Crippen molar-refractivity contribution in [3.8, 4) is 0 Å². The summed E-state index contributed by atoms with van der Waals surface area (Å²) in [6.45, 7) is 5.20. The molecule has 0 fully saturated rings. The Balaban J connectivity index is 2.16. The van der Waals surface area contributed by atoms with Gasteiger partial charge >= 0.3 is 0 Å². The standard InChI is InChI=1S/C15H18F2N2/c1-3-18-11(2)12-7-8-19(9-12)10-13-14(16)5-4-6-15(13)17/h4-9,11,18H,3,10H2,1-2H3. The number of aromatic nitrogens is 1. The minimum absolute atomic E-state index is 0.0979. The van der Waals surface area contributed by atoms with Gasteiger partial charge in [-0.3, -0.25) is 0 Å². The van der Waals surface area contributed by atoms with Gasteiger partial charge in [-0.05, 0) is 37.2 Å². The average Bonchev–Trinajstić information content (AvgIpc) is 2.83. The van der Waals surface area contributed by atoms with Gasteiger partial charge in [-0.25, -0.2) is 8.78 Å². The molecule has 1 N–H and O–H groups in total. The van der Waals surface area contributed by atoms with Crippen LogP contribution in [0.25, 0.3) is 0 Å². The molecule has 0 saturated heterocycles. The molecule has 0 bridgehead atoms. The van der Waals surface area contributed by atoms with Crippen LogP contribution in [0, 0.1) is 11.6 Å². The number of halogens is 2. The van der Waals surface area contributed by atoms with Gasteiger partial charge in [-0.2, -0.15) is 0 Å². The van der Waals surface area contributed by atoms with E-state index in [9.17, 15) is 8.78 Å². The molecular weight excluding hydrogens is 246 g/mol. The van der Waals surface area contributed by atoms with Gasteiger partial charge < -0.3 is 9.88 Å². The summed E-state index contributed by atoms with van der Waals surface area (Å²) in [4.78, 5) is 0. The minimum Gasteiger partial charge on any atom is -0.349 e. The second-order valence-electron chi connectivity index (χ2n) is 4.60. The second-order valence-corrected chi connectivity index (χ2v) is 4.60. The largest absolute Gasteiger partial charge is 0.349 e. The summed E-state index contributed by atoms with van der Waals surface area (Å²) in [6, 6.07) is 6.14. The molecule has 1 atom stereocenters. The van der Waals surface area contributed by atoms with E-state index in [0.717, 1.165) is 12.1 Å². The predicted octanol–water partition coefficient (Wildman–Crippen LogP) is 3.49. The van der Waals surface area contributed by atoms with E-state index in [1.54, 1.807) is 4.57 Å². The van der Waals surface area contributed by atoms with Gasteiger partial charge in [-0.1, -0.05) is 13.0 Å². The van der Waals surface area contributed by atoms with E-state index in [-0.39, 0.29) is 18.2 Å². The summed E-state index contributed by atoms with van der Waals surface area (Å²) < 4.78 is 28.9. The monoisotopic (exact) mass is 264 g/mol. The molecule has 0 saturated carbocycles. The van der Waals surface area contributed by atoms with Gasteiger partial charge in [0.1, 0.15) is 11.6 Å². The van der Waals surface area contributed by atoms with E-state index < -0.39 is 11.6 Å². The van der Waals surface area contributed by atoms with E-state index in [0.29, 0.717) is 0 Å². The van der Waals surface area contributed by atoms with Crippen LogP contribution >= 0.6 is 0 Å². The highest BCUT2D eigenvalue weighted by atomic mass is 19.1. The van der Waals surface area contributed by atoms with Gasteiger partial charge in [0.25, 0.3) is 0 Å². The Morgan fingerprint density at radius 2 is 1.89 bits per heavy atom. The Bertz CT molecular complexity index is 529. The zero-order chi connectivity index (χ0) is 13.8. The third-order valence-corrected chi connectivity index (χ3v) is 3.19. The maximum atomic E-state index is 13.6. The Kier molecular flexibility index (Phi) is 4.32. The highest BCUT2D eigenvalue weighted by molar-refractivity contribution is 5.22. The van der Waals surface area contributed by atoms with Crippen molar-refractivity contribution in [2.45, 2.75) is 26.4 Å². The number of benzene rings is 1. The normalized spacial score (nSPS) is 12.6. The molecule has 0 aliphatic rings. The lowest BCUT2D eigenvalue weighted by Gasteiger charge is -2.10. The zero-order valence-corrected chi connectivity index (χ0v) is 11.2. The van der Waals surface area contributed by atoms with Crippen LogP contribution in [0.3, 0.4) is 0 Å². The highest BCUT2D eigenvalue weighted by Crippen LogP contribution is 2.17. The summed E-state index contributed by atoms with van der Waals surface area (Å²) >= 11 is 0. The first-order valence-corrected chi connectivity index (χ1v) is 6.43. The summed E-state index contributed by atoms with van der Waals surface area (Å²) in [5.74, 6) is -1.01. The first-order valence-electron chi connectivity index (χ1n) is 6.43. The molecule has 1 unspecified atom stereocenters. The Labute approximate surface area is 112 Å². The highest BCUT2D eigenvalue weighted by Gasteiger charge is 2.10. The van der Waals surface area contributed by atoms with E-state index >= 15 is 0 Å². The number of nitrogens with zero attached hydrogens (tertiary/aromatic N) is 1. The van der Waals surface area contributed by atoms with Crippen LogP contribution in [0.15, 0.2) is 36.7 Å². The van der Waals surface area contributed by atoms with Crippen molar-refractivity contribution < 1.29 is 8.78 Å². The summed E-state index contributed by atoms with van der Waals surface area (Å²) in [7, 11) is 0. The smallest absolute Gasteiger partial charge is 0.131 e. The van der Waals surface area contributed by atoms with Crippen LogP contribution < -0.4 is 5.32 Å². The molecule has 0 radical (unpaired) electrons. The first kappa shape index (κ1) is 13.7. The number of nitrogens with one attached hydrogen (secondary N) is 1. The molecule has 19 heavy (non-hydrogen) atoms. The molecule has 1 heterocycles. The quantitative estimate of drug-likeness (QED) is 0.874. The van der Waals surface area contributed by atoms with E-state index in [1.807, 2.05) is 25.4 Å². The maximum absolute atomic E-state index is 13.6. The van der Waals surface area contributed by atoms with Crippen molar-refractivity contribution in [2.24, 2.45) is 0 Å². The second kappa shape index (κ2) is 5.97. The topological polar surface area (TPSA) is 17.0 Å². The van der Waals surface area contributed by atoms with E-state index in [1.165, 1.54) is 18.2 Å². The predicted molar refractivity (Wildman–Crippen MR) is 72.0 cm³/mol. The molecule has 0 aliphatic carbocycles. The fourth-order valence-electron chi connectivity index (χ4n) is 2.10. The molecule has 0 aliphatic heterocycles. The fraction of sp³-hybridized carbons (Fsp3) is 0.333. The van der Waals surface area contributed by atoms with Crippen LogP contribution in [0.2, 0.25) is 0 Å². The number of hydrogen-bond donors (Lipinski definition) is 1. The van der Waals surface area contributed by atoms with Crippen LogP contribution in [0.5, 0.6) is 0 Å². The zero-order valence-electron chi connectivity index (χ0n) is 11.2. The van der Waals surface area contributed by atoms with Crippen molar-refractivity contribution in [3.05, 3.63) is 59.4 Å². The van der Waals surface area contributed by atoms with E-state index in [4.69, 9.17) is 0 Å². The molecule has 4 heteroatoms. The third kappa shape index (κ3) is 3.20. The van der Waals surface area contributed by atoms with E-state index in [2.05, 4.69) is 12.2 Å². The Hall–Kier alpha value is -1.68. The van der Waals surface area contributed by atoms with Crippen molar-refractivity contribution >= 4 is 0 Å². The Morgan fingerprint density at radius 1 is 1.21 bits per heavy atom. The maximum Gasteiger partial charge on any atom is 0.131 e. The van der Waals surface area contributed by atoms with Gasteiger partial charge in [0.2, 0.25) is 0 Å². The molecule has 2 aromatic rings. The van der Waals surface area contributed by atoms with Crippen LogP contribution in [-0.2, 0) is 6.54 Å². The number of hydrogen-bond acceptors (Lipinski definition) is 1. The van der Waals surface area contributed by atoms with Crippen molar-refractivity contribution in [2.75, 3.05) is 6.54 Å². The number of rotatable bonds is 5. The molecule has 2 nitrogen and oxygen atoms in total. The lowest BCUT2D eigenvalue weighted by Crippen LogP contribution is -2.17. The molecule has 1 aromatic carbocycles. The average molecular weight is 264 g/mol. The van der Waals surface area contributed by atoms with Crippen LogP contribution in [0.1, 0.15) is 31.0 Å². The van der Waals surface area contributed by atoms with Crippen molar-refractivity contribution in [1.82, 2.24) is 9.88 Å². The van der Waals surface area contributed by atoms with Gasteiger partial charge in [0, 0.05) is 24.0 Å². The minimum atomic E-state index is -0.505. The van der Waals surface area contributed by atoms with Gasteiger partial charge in [-0.15, -0.1) is 0 Å². The lowest BCUT2D eigenvalue weighted by atomic mass is 10.2. The van der Waals surface area contributed by atoms with Crippen LogP contribution in [0.4, 0.5) is 8.78 Å². The summed E-state index contributed by atoms with van der Waals surface area (Å²) in [5.41, 5.74) is 1.21. The molecule has 0 amide bonds. The van der Waals surface area contributed by atoms with Crippen molar-refractivity contribution in [3.63, 3.8) is 0 Å². The van der Waals surface area contributed by atoms with Gasteiger partial charge in [0.05, 0.1) is 6.54 Å². The fourth-order valence-corrected chi connectivity index (χ4v) is 2.10. The molecule has 2 rings (SSSR count). The molecule has 1 aromatic heterocycles. The summed E-state index contributed by atoms with van der Waals surface area (Å²) in [6.07, 6.45) is 3.76. The lowest BCUT2D eigenvalue weighted by molar-refractivity contribution is 0.544.